The monoisotopic (exact) mass is 325 g/mol. The van der Waals surface area contributed by atoms with Crippen LogP contribution in [-0.2, 0) is 9.47 Å². The third-order valence-corrected chi connectivity index (χ3v) is 3.82. The second-order valence-corrected chi connectivity index (χ2v) is 5.20. The molecule has 3 aromatic rings. The van der Waals surface area contributed by atoms with Crippen LogP contribution in [-0.4, -0.2) is 13.2 Å². The molecule has 1 aromatic carbocycles. The highest BCUT2D eigenvalue weighted by Crippen LogP contribution is 2.26. The standard InChI is InChI=1S/C16H11N3O5/c17-9-13-15(14-2-1-5-22-14)19(21)11-4-3-10(8-12(11)18(13)20)16-23-6-7-24-16/h1-5,8,16H,6-7H2. The fourth-order valence-corrected chi connectivity index (χ4v) is 2.73. The molecule has 1 aliphatic heterocycles. The predicted molar refractivity (Wildman–Crippen MR) is 78.9 cm³/mol. The quantitative estimate of drug-likeness (QED) is 0.518. The molecule has 3 heterocycles. The molecule has 0 N–H and O–H groups in total. The van der Waals surface area contributed by atoms with Gasteiger partial charge in [-0.05, 0) is 18.2 Å². The van der Waals surface area contributed by atoms with Crippen LogP contribution >= 0.6 is 0 Å². The van der Waals surface area contributed by atoms with Crippen LogP contribution in [0.25, 0.3) is 22.5 Å². The summed E-state index contributed by atoms with van der Waals surface area (Å²) < 4.78 is 16.9. The van der Waals surface area contributed by atoms with Crippen molar-refractivity contribution in [2.75, 3.05) is 13.2 Å². The number of hydrogen-bond donors (Lipinski definition) is 0. The van der Waals surface area contributed by atoms with Crippen LogP contribution in [0.15, 0.2) is 41.0 Å². The lowest BCUT2D eigenvalue weighted by Crippen LogP contribution is -2.43. The van der Waals surface area contributed by atoms with Gasteiger partial charge in [0.15, 0.2) is 12.4 Å². The molecular weight excluding hydrogens is 314 g/mol. The molecular formula is C16H11N3O5. The van der Waals surface area contributed by atoms with Gasteiger partial charge in [0, 0.05) is 17.7 Å². The van der Waals surface area contributed by atoms with Gasteiger partial charge in [-0.1, -0.05) is 0 Å². The van der Waals surface area contributed by atoms with Gasteiger partial charge < -0.3 is 24.3 Å². The predicted octanol–water partition coefficient (Wildman–Crippen LogP) is 1.28. The average Bonchev–Trinajstić information content (AvgIpc) is 3.30. The molecule has 0 amide bonds. The van der Waals surface area contributed by atoms with Crippen molar-refractivity contribution in [1.82, 2.24) is 0 Å². The highest BCUT2D eigenvalue weighted by Gasteiger charge is 2.32. The van der Waals surface area contributed by atoms with E-state index < -0.39 is 6.29 Å². The van der Waals surface area contributed by atoms with Gasteiger partial charge in [0.05, 0.1) is 19.5 Å². The summed E-state index contributed by atoms with van der Waals surface area (Å²) in [5.41, 5.74) is 0.341. The first-order valence-corrected chi connectivity index (χ1v) is 7.20. The zero-order valence-corrected chi connectivity index (χ0v) is 12.3. The van der Waals surface area contributed by atoms with E-state index >= 15 is 0 Å². The fraction of sp³-hybridized carbons (Fsp3) is 0.188. The third kappa shape index (κ3) is 2.07. The van der Waals surface area contributed by atoms with Crippen molar-refractivity contribution in [3.63, 3.8) is 0 Å². The van der Waals surface area contributed by atoms with E-state index in [-0.39, 0.29) is 28.2 Å². The van der Waals surface area contributed by atoms with Gasteiger partial charge in [0.25, 0.3) is 11.0 Å². The summed E-state index contributed by atoms with van der Waals surface area (Å²) in [5.74, 6) is 0.152. The van der Waals surface area contributed by atoms with E-state index in [1.807, 2.05) is 0 Å². The molecule has 0 aliphatic carbocycles. The first kappa shape index (κ1) is 14.4. The minimum absolute atomic E-state index is 0.0634. The lowest BCUT2D eigenvalue weighted by molar-refractivity contribution is -0.623. The normalized spacial score (nSPS) is 15.0. The van der Waals surface area contributed by atoms with E-state index in [2.05, 4.69) is 0 Å². The molecule has 0 radical (unpaired) electrons. The number of rotatable bonds is 2. The minimum atomic E-state index is -0.579. The Morgan fingerprint density at radius 2 is 1.88 bits per heavy atom. The Morgan fingerprint density at radius 3 is 2.54 bits per heavy atom. The Kier molecular flexibility index (Phi) is 3.30. The van der Waals surface area contributed by atoms with Gasteiger partial charge in [0.2, 0.25) is 5.76 Å². The van der Waals surface area contributed by atoms with Crippen LogP contribution in [0.4, 0.5) is 0 Å². The summed E-state index contributed by atoms with van der Waals surface area (Å²) in [5, 5.41) is 34.6. The number of nitrogens with zero attached hydrogens (tertiary/aromatic N) is 3. The van der Waals surface area contributed by atoms with E-state index in [0.29, 0.717) is 28.2 Å². The number of fused-ring (bicyclic) bond motifs is 1. The van der Waals surface area contributed by atoms with Gasteiger partial charge in [-0.15, -0.1) is 9.46 Å². The van der Waals surface area contributed by atoms with Gasteiger partial charge in [-0.3, -0.25) is 0 Å². The van der Waals surface area contributed by atoms with Crippen LogP contribution in [0.1, 0.15) is 17.5 Å². The smallest absolute Gasteiger partial charge is 0.372 e. The van der Waals surface area contributed by atoms with E-state index in [9.17, 15) is 15.7 Å². The second kappa shape index (κ2) is 5.49. The zero-order chi connectivity index (χ0) is 16.7. The average molecular weight is 325 g/mol. The first-order chi connectivity index (χ1) is 11.7. The molecule has 0 atom stereocenters. The molecule has 1 aliphatic rings. The van der Waals surface area contributed by atoms with Crippen molar-refractivity contribution in [1.29, 1.82) is 5.26 Å². The summed E-state index contributed by atoms with van der Waals surface area (Å²) in [6.07, 6.45) is 0.790. The van der Waals surface area contributed by atoms with E-state index in [1.54, 1.807) is 18.2 Å². The fourth-order valence-electron chi connectivity index (χ4n) is 2.73. The maximum Gasteiger partial charge on any atom is 0.372 e. The lowest BCUT2D eigenvalue weighted by atomic mass is 10.1. The van der Waals surface area contributed by atoms with Crippen LogP contribution in [0.2, 0.25) is 0 Å². The number of furan rings is 1. The molecule has 4 rings (SSSR count). The van der Waals surface area contributed by atoms with Crippen molar-refractivity contribution in [3.05, 3.63) is 58.3 Å². The van der Waals surface area contributed by atoms with Gasteiger partial charge in [-0.2, -0.15) is 5.26 Å². The molecule has 8 nitrogen and oxygen atoms in total. The maximum absolute atomic E-state index is 12.7. The van der Waals surface area contributed by atoms with Crippen molar-refractivity contribution in [2.24, 2.45) is 0 Å². The van der Waals surface area contributed by atoms with Crippen LogP contribution in [0, 0.1) is 21.7 Å². The summed E-state index contributed by atoms with van der Waals surface area (Å²) in [6, 6.07) is 9.54. The SMILES string of the molecule is N#Cc1c(-c2ccco2)[n+]([O-])c2ccc(C3OCCO3)cc2[n+]1[O-]. The van der Waals surface area contributed by atoms with Crippen LogP contribution in [0.3, 0.4) is 0 Å². The summed E-state index contributed by atoms with van der Waals surface area (Å²) in [4.78, 5) is 0. The van der Waals surface area contributed by atoms with E-state index in [1.165, 1.54) is 24.5 Å². The van der Waals surface area contributed by atoms with Crippen LogP contribution < -0.4 is 9.46 Å². The summed E-state index contributed by atoms with van der Waals surface area (Å²) in [6.45, 7) is 0.922. The molecule has 120 valence electrons. The third-order valence-electron chi connectivity index (χ3n) is 3.82. The highest BCUT2D eigenvalue weighted by molar-refractivity contribution is 5.71. The Morgan fingerprint density at radius 1 is 1.08 bits per heavy atom. The van der Waals surface area contributed by atoms with Crippen molar-refractivity contribution in [3.8, 4) is 17.5 Å². The number of ether oxygens (including phenoxy) is 2. The topological polar surface area (TPSA) is 109 Å². The molecule has 0 unspecified atom stereocenters. The highest BCUT2D eigenvalue weighted by atomic mass is 16.7. The molecule has 24 heavy (non-hydrogen) atoms. The molecule has 1 fully saturated rings. The number of benzene rings is 1. The number of nitriles is 1. The van der Waals surface area contributed by atoms with Gasteiger partial charge >= 0.3 is 11.4 Å². The largest absolute Gasteiger partial charge is 0.617 e. The Bertz CT molecular complexity index is 956. The Labute approximate surface area is 135 Å². The summed E-state index contributed by atoms with van der Waals surface area (Å²) in [7, 11) is 0. The number of aromatic nitrogens is 2. The molecule has 0 saturated carbocycles. The maximum atomic E-state index is 12.7. The molecule has 0 spiro atoms. The zero-order valence-electron chi connectivity index (χ0n) is 12.3. The lowest BCUT2D eigenvalue weighted by Gasteiger charge is -2.12. The van der Waals surface area contributed by atoms with Crippen molar-refractivity contribution in [2.45, 2.75) is 6.29 Å². The molecule has 0 bridgehead atoms. The van der Waals surface area contributed by atoms with Gasteiger partial charge in [0.1, 0.15) is 0 Å². The molecule has 1 saturated heterocycles. The van der Waals surface area contributed by atoms with E-state index in [4.69, 9.17) is 13.9 Å². The van der Waals surface area contributed by atoms with Crippen molar-refractivity contribution >= 4 is 11.0 Å². The number of hydrogen-bond acceptors (Lipinski definition) is 6. The second-order valence-electron chi connectivity index (χ2n) is 5.20. The van der Waals surface area contributed by atoms with E-state index in [0.717, 1.165) is 0 Å². The van der Waals surface area contributed by atoms with Crippen LogP contribution in [0.5, 0.6) is 0 Å². The molecule has 8 heteroatoms. The Balaban J connectivity index is 1.99. The Hall–Kier alpha value is -3.15. The molecule has 2 aromatic heterocycles. The van der Waals surface area contributed by atoms with Gasteiger partial charge in [-0.25, -0.2) is 0 Å². The summed E-state index contributed by atoms with van der Waals surface area (Å²) >= 11 is 0. The minimum Gasteiger partial charge on any atom is -0.617 e. The first-order valence-electron chi connectivity index (χ1n) is 7.20. The van der Waals surface area contributed by atoms with Crippen molar-refractivity contribution < 1.29 is 23.4 Å².